The van der Waals surface area contributed by atoms with Gasteiger partial charge < -0.3 is 0 Å². The van der Waals surface area contributed by atoms with Crippen LogP contribution in [-0.2, 0) is 9.59 Å². The first kappa shape index (κ1) is 9.62. The number of isocyanates is 2. The summed E-state index contributed by atoms with van der Waals surface area (Å²) in [7, 11) is 0. The van der Waals surface area contributed by atoms with Gasteiger partial charge in [0, 0.05) is 6.42 Å². The average Bonchev–Trinajstić information content (AvgIpc) is 2.04. The van der Waals surface area contributed by atoms with Crippen LogP contribution in [0.25, 0.3) is 0 Å². The van der Waals surface area contributed by atoms with Gasteiger partial charge in [0.1, 0.15) is 0 Å². The molecule has 0 fully saturated rings. The lowest BCUT2D eigenvalue weighted by Gasteiger charge is -2.18. The molecule has 0 aromatic heterocycles. The Morgan fingerprint density at radius 3 is 2.85 bits per heavy atom. The Morgan fingerprint density at radius 1 is 1.46 bits per heavy atom. The first-order valence-corrected chi connectivity index (χ1v) is 3.82. The topological polar surface area (TPSA) is 58.9 Å². The Bertz CT molecular complexity index is 362. The van der Waals surface area contributed by atoms with Gasteiger partial charge in [0.25, 0.3) is 0 Å². The van der Waals surface area contributed by atoms with E-state index in [1.54, 1.807) is 12.2 Å². The zero-order chi connectivity index (χ0) is 9.73. The van der Waals surface area contributed by atoms with Gasteiger partial charge in [0.15, 0.2) is 5.00 Å². The molecule has 4 nitrogen and oxygen atoms in total. The van der Waals surface area contributed by atoms with Gasteiger partial charge in [-0.2, -0.15) is 9.98 Å². The third-order valence-electron chi connectivity index (χ3n) is 1.49. The van der Waals surface area contributed by atoms with Crippen LogP contribution in [0.15, 0.2) is 33.9 Å². The number of allylic oxidation sites excluding steroid dienone is 2. The number of rotatable bonds is 2. The zero-order valence-electron chi connectivity index (χ0n) is 6.53. The van der Waals surface area contributed by atoms with Crippen LogP contribution < -0.4 is 0 Å². The number of halogens is 1. The Hall–Kier alpha value is -1.47. The van der Waals surface area contributed by atoms with Crippen molar-refractivity contribution in [2.45, 2.75) is 11.4 Å². The number of hydrogen-bond acceptors (Lipinski definition) is 4. The summed E-state index contributed by atoms with van der Waals surface area (Å²) in [5.74, 6) is 0. The highest BCUT2D eigenvalue weighted by Gasteiger charge is 2.26. The summed E-state index contributed by atoms with van der Waals surface area (Å²) in [6.07, 6.45) is 7.66. The third kappa shape index (κ3) is 2.49. The fourth-order valence-electron chi connectivity index (χ4n) is 0.967. The molecule has 1 atom stereocenters. The van der Waals surface area contributed by atoms with Crippen molar-refractivity contribution in [3.05, 3.63) is 23.9 Å². The summed E-state index contributed by atoms with van der Waals surface area (Å²) in [5, 5.41) is 0. The molecular formula is C8H5ClN2O2. The molecule has 0 aromatic rings. The number of aliphatic imine (C=N–C) groups is 2. The molecule has 0 heterocycles. The maximum absolute atomic E-state index is 10.0. The molecule has 0 spiro atoms. The summed E-state index contributed by atoms with van der Waals surface area (Å²) in [6, 6.07) is 0. The normalized spacial score (nSPS) is 25.5. The SMILES string of the molecule is O=C=NC1=CC=CC(Cl)(N=C=O)C1. The van der Waals surface area contributed by atoms with Crippen LogP contribution in [0.1, 0.15) is 6.42 Å². The minimum absolute atomic E-state index is 0.190. The van der Waals surface area contributed by atoms with E-state index < -0.39 is 5.00 Å². The quantitative estimate of drug-likeness (QED) is 0.290. The smallest absolute Gasteiger partial charge is 0.211 e. The highest BCUT2D eigenvalue weighted by Crippen LogP contribution is 2.30. The van der Waals surface area contributed by atoms with E-state index in [1.807, 2.05) is 0 Å². The zero-order valence-corrected chi connectivity index (χ0v) is 7.28. The molecule has 0 radical (unpaired) electrons. The van der Waals surface area contributed by atoms with Crippen molar-refractivity contribution in [2.24, 2.45) is 9.98 Å². The van der Waals surface area contributed by atoms with Gasteiger partial charge in [-0.15, -0.1) is 0 Å². The predicted molar refractivity (Wildman–Crippen MR) is 46.7 cm³/mol. The van der Waals surface area contributed by atoms with Gasteiger partial charge in [-0.25, -0.2) is 9.59 Å². The molecule has 1 aliphatic rings. The van der Waals surface area contributed by atoms with Gasteiger partial charge in [0.2, 0.25) is 12.2 Å². The second kappa shape index (κ2) is 3.97. The molecular weight excluding hydrogens is 192 g/mol. The van der Waals surface area contributed by atoms with Gasteiger partial charge in [-0.3, -0.25) is 0 Å². The number of nitrogens with zero attached hydrogens (tertiary/aromatic N) is 2. The van der Waals surface area contributed by atoms with Crippen LogP contribution in [0.3, 0.4) is 0 Å². The van der Waals surface area contributed by atoms with Gasteiger partial charge in [-0.05, 0) is 12.2 Å². The highest BCUT2D eigenvalue weighted by atomic mass is 35.5. The first-order valence-electron chi connectivity index (χ1n) is 3.44. The molecule has 1 rings (SSSR count). The third-order valence-corrected chi connectivity index (χ3v) is 1.83. The number of carbonyl (C=O) groups excluding carboxylic acids is 2. The fraction of sp³-hybridized carbons (Fsp3) is 0.250. The van der Waals surface area contributed by atoms with E-state index in [-0.39, 0.29) is 6.42 Å². The van der Waals surface area contributed by atoms with Crippen molar-refractivity contribution in [1.82, 2.24) is 0 Å². The van der Waals surface area contributed by atoms with Crippen LogP contribution in [0, 0.1) is 0 Å². The molecule has 0 N–H and O–H groups in total. The fourth-order valence-corrected chi connectivity index (χ4v) is 1.21. The lowest BCUT2D eigenvalue weighted by Crippen LogP contribution is -2.17. The van der Waals surface area contributed by atoms with Crippen molar-refractivity contribution < 1.29 is 9.59 Å². The molecule has 0 aliphatic heterocycles. The molecule has 0 aromatic carbocycles. The van der Waals surface area contributed by atoms with E-state index in [4.69, 9.17) is 11.6 Å². The molecule has 1 unspecified atom stereocenters. The minimum atomic E-state index is -1.15. The minimum Gasteiger partial charge on any atom is -0.211 e. The number of alkyl halides is 1. The summed E-state index contributed by atoms with van der Waals surface area (Å²) >= 11 is 5.86. The molecule has 0 amide bonds. The van der Waals surface area contributed by atoms with Gasteiger partial charge in [0.05, 0.1) is 5.70 Å². The van der Waals surface area contributed by atoms with E-state index in [1.165, 1.54) is 18.2 Å². The van der Waals surface area contributed by atoms with E-state index in [9.17, 15) is 9.59 Å². The van der Waals surface area contributed by atoms with E-state index in [0.717, 1.165) is 0 Å². The van der Waals surface area contributed by atoms with Crippen molar-refractivity contribution in [2.75, 3.05) is 0 Å². The van der Waals surface area contributed by atoms with E-state index in [0.29, 0.717) is 5.70 Å². The van der Waals surface area contributed by atoms with Crippen molar-refractivity contribution in [3.8, 4) is 0 Å². The summed E-state index contributed by atoms with van der Waals surface area (Å²) in [4.78, 5) is 25.6. The van der Waals surface area contributed by atoms with E-state index in [2.05, 4.69) is 9.98 Å². The molecule has 1 aliphatic carbocycles. The van der Waals surface area contributed by atoms with Crippen LogP contribution in [0.5, 0.6) is 0 Å². The molecule has 0 saturated heterocycles. The maximum atomic E-state index is 10.0. The summed E-state index contributed by atoms with van der Waals surface area (Å²) in [6.45, 7) is 0. The Morgan fingerprint density at radius 2 is 2.23 bits per heavy atom. The second-order valence-corrected chi connectivity index (χ2v) is 3.07. The van der Waals surface area contributed by atoms with Gasteiger partial charge in [-0.1, -0.05) is 17.7 Å². The Balaban J connectivity index is 2.91. The second-order valence-electron chi connectivity index (χ2n) is 2.42. The number of hydrogen-bond donors (Lipinski definition) is 0. The van der Waals surface area contributed by atoms with E-state index >= 15 is 0 Å². The Kier molecular flexibility index (Phi) is 2.93. The van der Waals surface area contributed by atoms with Crippen LogP contribution in [0.4, 0.5) is 0 Å². The molecule has 13 heavy (non-hydrogen) atoms. The summed E-state index contributed by atoms with van der Waals surface area (Å²) < 4.78 is 0. The largest absolute Gasteiger partial charge is 0.240 e. The molecule has 0 bridgehead atoms. The molecule has 5 heteroatoms. The monoisotopic (exact) mass is 196 g/mol. The average molecular weight is 197 g/mol. The first-order chi connectivity index (χ1) is 6.20. The molecule has 0 saturated carbocycles. The lowest BCUT2D eigenvalue weighted by atomic mass is 10.1. The Labute approximate surface area is 79.3 Å². The van der Waals surface area contributed by atoms with Crippen LogP contribution in [0.2, 0.25) is 0 Å². The molecule has 66 valence electrons. The predicted octanol–water partition coefficient (Wildman–Crippen LogP) is 1.44. The highest BCUT2D eigenvalue weighted by molar-refractivity contribution is 6.25. The lowest BCUT2D eigenvalue weighted by molar-refractivity contribution is 0.556. The van der Waals surface area contributed by atoms with Crippen LogP contribution >= 0.6 is 11.6 Å². The van der Waals surface area contributed by atoms with Gasteiger partial charge >= 0.3 is 0 Å². The standard InChI is InChI=1S/C8H5ClN2O2/c9-8(11-6-13)3-1-2-7(4-8)10-5-12/h1-3H,4H2. The maximum Gasteiger partial charge on any atom is 0.240 e. The summed E-state index contributed by atoms with van der Waals surface area (Å²) in [5.41, 5.74) is 0.437. The van der Waals surface area contributed by atoms with Crippen molar-refractivity contribution in [3.63, 3.8) is 0 Å². The van der Waals surface area contributed by atoms with Crippen LogP contribution in [-0.4, -0.2) is 17.2 Å². The van der Waals surface area contributed by atoms with Crippen molar-refractivity contribution >= 4 is 23.8 Å². The van der Waals surface area contributed by atoms with Crippen molar-refractivity contribution in [1.29, 1.82) is 0 Å².